The number of nitrogens with two attached hydrogens (primary N) is 1. The van der Waals surface area contributed by atoms with E-state index in [-0.39, 0.29) is 12.4 Å². The average molecular weight is 436 g/mol. The van der Waals surface area contributed by atoms with Crippen molar-refractivity contribution < 1.29 is 23.7 Å². The minimum atomic E-state index is -4.55. The second kappa shape index (κ2) is 11.0. The number of nitrogens with zero attached hydrogens (tertiary/aromatic N) is 1. The Morgan fingerprint density at radius 3 is 2.47 bits per heavy atom. The van der Waals surface area contributed by atoms with Crippen molar-refractivity contribution in [3.63, 3.8) is 0 Å². The highest BCUT2D eigenvalue weighted by Gasteiger charge is 2.25. The Labute approximate surface area is 178 Å². The Bertz CT molecular complexity index is 858. The van der Waals surface area contributed by atoms with E-state index in [2.05, 4.69) is 16.7 Å². The van der Waals surface area contributed by atoms with Crippen LogP contribution in [0.4, 0.5) is 0 Å². The van der Waals surface area contributed by atoms with Crippen molar-refractivity contribution in [1.29, 1.82) is 0 Å². The van der Waals surface area contributed by atoms with Crippen LogP contribution in [0.5, 0.6) is 0 Å². The number of aromatic nitrogens is 1. The molecule has 2 aromatic rings. The van der Waals surface area contributed by atoms with Gasteiger partial charge in [0.25, 0.3) is 0 Å². The number of phosphoric ester groups is 1. The summed E-state index contributed by atoms with van der Waals surface area (Å²) in [6.45, 7) is 4.12. The molecule has 0 amide bonds. The maximum absolute atomic E-state index is 12.7. The molecule has 0 spiro atoms. The molecule has 0 fully saturated rings. The molecule has 1 unspecified atom stereocenters. The standard InChI is InChI=1S/C22H33N2O5P/c1-3-24-19(15-16-22(2,23)17-29-30(26,27)28)13-14-20(24)21(25)12-8-7-11-18-9-5-4-6-10-18/h4-6,9-10,13-14H,3,7-8,11-12,15-17,23H2,1-2H3,(H2,26,27,28). The van der Waals surface area contributed by atoms with E-state index in [0.29, 0.717) is 31.5 Å². The van der Waals surface area contributed by atoms with E-state index in [4.69, 9.17) is 15.5 Å². The molecule has 8 heteroatoms. The van der Waals surface area contributed by atoms with Crippen LogP contribution in [0.1, 0.15) is 61.3 Å². The molecule has 0 radical (unpaired) electrons. The van der Waals surface area contributed by atoms with Crippen molar-refractivity contribution in [3.05, 3.63) is 59.4 Å². The number of hydrogen-bond donors (Lipinski definition) is 3. The molecule has 166 valence electrons. The molecule has 30 heavy (non-hydrogen) atoms. The summed E-state index contributed by atoms with van der Waals surface area (Å²) in [6, 6.07) is 14.1. The molecule has 2 rings (SSSR count). The topological polar surface area (TPSA) is 115 Å². The fraction of sp³-hybridized carbons (Fsp3) is 0.500. The highest BCUT2D eigenvalue weighted by molar-refractivity contribution is 7.46. The van der Waals surface area contributed by atoms with E-state index in [1.807, 2.05) is 41.8 Å². The van der Waals surface area contributed by atoms with E-state index in [1.165, 1.54) is 5.56 Å². The van der Waals surface area contributed by atoms with Crippen LogP contribution in [0, 0.1) is 0 Å². The van der Waals surface area contributed by atoms with E-state index in [1.54, 1.807) is 6.92 Å². The Morgan fingerprint density at radius 1 is 1.13 bits per heavy atom. The Morgan fingerprint density at radius 2 is 1.83 bits per heavy atom. The van der Waals surface area contributed by atoms with Gasteiger partial charge in [-0.1, -0.05) is 30.3 Å². The van der Waals surface area contributed by atoms with Gasteiger partial charge >= 0.3 is 7.82 Å². The molecule has 7 nitrogen and oxygen atoms in total. The first kappa shape index (κ1) is 24.5. The molecular formula is C22H33N2O5P. The first-order valence-corrected chi connectivity index (χ1v) is 11.9. The van der Waals surface area contributed by atoms with Gasteiger partial charge in [0.1, 0.15) is 0 Å². The number of carbonyl (C=O) groups excluding carboxylic acids is 1. The number of benzene rings is 1. The van der Waals surface area contributed by atoms with Gasteiger partial charge in [-0.2, -0.15) is 0 Å². The smallest absolute Gasteiger partial charge is 0.343 e. The SMILES string of the molecule is CCn1c(CCC(C)(N)COP(=O)(O)O)ccc1C(=O)CCCCc1ccccc1. The molecule has 0 aliphatic rings. The van der Waals surface area contributed by atoms with Crippen molar-refractivity contribution in [2.45, 2.75) is 64.5 Å². The van der Waals surface area contributed by atoms with Crippen LogP contribution in [0.2, 0.25) is 0 Å². The first-order chi connectivity index (χ1) is 14.1. The fourth-order valence-corrected chi connectivity index (χ4v) is 3.91. The van der Waals surface area contributed by atoms with Gasteiger partial charge in [0.05, 0.1) is 12.3 Å². The van der Waals surface area contributed by atoms with Gasteiger partial charge in [0, 0.05) is 24.2 Å². The second-order valence-electron chi connectivity index (χ2n) is 7.99. The number of aryl methyl sites for hydroxylation is 2. The van der Waals surface area contributed by atoms with Crippen LogP contribution in [0.25, 0.3) is 0 Å². The number of unbranched alkanes of at least 4 members (excludes halogenated alkanes) is 1. The molecular weight excluding hydrogens is 403 g/mol. The first-order valence-electron chi connectivity index (χ1n) is 10.4. The summed E-state index contributed by atoms with van der Waals surface area (Å²) >= 11 is 0. The van der Waals surface area contributed by atoms with E-state index in [9.17, 15) is 9.36 Å². The van der Waals surface area contributed by atoms with E-state index >= 15 is 0 Å². The minimum Gasteiger partial charge on any atom is -0.343 e. The third-order valence-corrected chi connectivity index (χ3v) is 5.62. The van der Waals surface area contributed by atoms with Crippen LogP contribution in [-0.4, -0.2) is 32.3 Å². The molecule has 0 aliphatic carbocycles. The van der Waals surface area contributed by atoms with Gasteiger partial charge in [0.2, 0.25) is 0 Å². The lowest BCUT2D eigenvalue weighted by molar-refractivity contribution is 0.0970. The van der Waals surface area contributed by atoms with Crippen LogP contribution in [-0.2, 0) is 28.5 Å². The van der Waals surface area contributed by atoms with Crippen molar-refractivity contribution in [2.24, 2.45) is 5.73 Å². The summed E-state index contributed by atoms with van der Waals surface area (Å²) in [7, 11) is -4.55. The van der Waals surface area contributed by atoms with Gasteiger partial charge in [-0.15, -0.1) is 0 Å². The molecule has 0 saturated heterocycles. The number of carbonyl (C=O) groups is 1. The monoisotopic (exact) mass is 436 g/mol. The summed E-state index contributed by atoms with van der Waals surface area (Å²) in [5.41, 5.74) is 8.21. The zero-order chi connectivity index (χ0) is 22.2. The van der Waals surface area contributed by atoms with E-state index < -0.39 is 13.4 Å². The quantitative estimate of drug-likeness (QED) is 0.250. The molecule has 0 bridgehead atoms. The van der Waals surface area contributed by atoms with Crippen molar-refractivity contribution in [3.8, 4) is 0 Å². The number of Topliss-reactive ketones (excluding diaryl/α,β-unsaturated/α-hetero) is 1. The summed E-state index contributed by atoms with van der Waals surface area (Å²) in [4.78, 5) is 30.4. The number of phosphoric acid groups is 1. The van der Waals surface area contributed by atoms with Crippen molar-refractivity contribution in [2.75, 3.05) is 6.61 Å². The van der Waals surface area contributed by atoms with Gasteiger partial charge in [-0.05, 0) is 63.6 Å². The maximum atomic E-state index is 12.7. The largest absolute Gasteiger partial charge is 0.469 e. The van der Waals surface area contributed by atoms with Crippen molar-refractivity contribution in [1.82, 2.24) is 4.57 Å². The molecule has 4 N–H and O–H groups in total. The number of rotatable bonds is 13. The molecule has 1 aromatic heterocycles. The lowest BCUT2D eigenvalue weighted by Crippen LogP contribution is -2.41. The fourth-order valence-electron chi connectivity index (χ4n) is 3.45. The Kier molecular flexibility index (Phi) is 9.01. The summed E-state index contributed by atoms with van der Waals surface area (Å²) < 4.78 is 17.4. The zero-order valence-electron chi connectivity index (χ0n) is 17.8. The van der Waals surface area contributed by atoms with Gasteiger partial charge in [0.15, 0.2) is 5.78 Å². The Hall–Kier alpha value is -1.76. The maximum Gasteiger partial charge on any atom is 0.469 e. The average Bonchev–Trinajstić information content (AvgIpc) is 3.12. The van der Waals surface area contributed by atoms with Gasteiger partial charge in [-0.25, -0.2) is 4.57 Å². The number of hydrogen-bond acceptors (Lipinski definition) is 4. The predicted octanol–water partition coefficient (Wildman–Crippen LogP) is 3.86. The summed E-state index contributed by atoms with van der Waals surface area (Å²) in [5.74, 6) is 0.136. The van der Waals surface area contributed by atoms with Gasteiger partial charge < -0.3 is 20.1 Å². The van der Waals surface area contributed by atoms with E-state index in [0.717, 1.165) is 25.0 Å². The lowest BCUT2D eigenvalue weighted by Gasteiger charge is -2.24. The normalized spacial score (nSPS) is 13.9. The molecule has 1 heterocycles. The molecule has 0 saturated carbocycles. The summed E-state index contributed by atoms with van der Waals surface area (Å²) in [5, 5.41) is 0. The highest BCUT2D eigenvalue weighted by atomic mass is 31.2. The molecule has 0 aliphatic heterocycles. The van der Waals surface area contributed by atoms with Crippen LogP contribution >= 0.6 is 7.82 Å². The third kappa shape index (κ3) is 8.17. The van der Waals surface area contributed by atoms with Gasteiger partial charge in [-0.3, -0.25) is 9.32 Å². The predicted molar refractivity (Wildman–Crippen MR) is 117 cm³/mol. The molecule has 1 aromatic carbocycles. The Balaban J connectivity index is 1.87. The number of ketones is 1. The van der Waals surface area contributed by atoms with Crippen molar-refractivity contribution >= 4 is 13.6 Å². The minimum absolute atomic E-state index is 0.136. The van der Waals surface area contributed by atoms with Crippen LogP contribution < -0.4 is 5.73 Å². The third-order valence-electron chi connectivity index (χ3n) is 5.15. The zero-order valence-corrected chi connectivity index (χ0v) is 18.7. The highest BCUT2D eigenvalue weighted by Crippen LogP contribution is 2.36. The lowest BCUT2D eigenvalue weighted by atomic mass is 9.97. The summed E-state index contributed by atoms with van der Waals surface area (Å²) in [6.07, 6.45) is 4.37. The second-order valence-corrected chi connectivity index (χ2v) is 9.23. The molecule has 1 atom stereocenters. The van der Waals surface area contributed by atoms with Crippen LogP contribution in [0.15, 0.2) is 42.5 Å². The van der Waals surface area contributed by atoms with Crippen LogP contribution in [0.3, 0.4) is 0 Å².